The Balaban J connectivity index is 0.00000407. The number of hydrogen-bond acceptors (Lipinski definition) is 5. The lowest BCUT2D eigenvalue weighted by Gasteiger charge is -2.39. The van der Waals surface area contributed by atoms with Gasteiger partial charge in [-0.25, -0.2) is 13.8 Å². The molecule has 7 nitrogen and oxygen atoms in total. The summed E-state index contributed by atoms with van der Waals surface area (Å²) in [6, 6.07) is -0.824. The summed E-state index contributed by atoms with van der Waals surface area (Å²) >= 11 is 0. The van der Waals surface area contributed by atoms with Crippen molar-refractivity contribution in [2.45, 2.75) is 58.9 Å². The van der Waals surface area contributed by atoms with Crippen LogP contribution in [0.4, 0.5) is 8.78 Å². The van der Waals surface area contributed by atoms with Gasteiger partial charge in [-0.1, -0.05) is 32.1 Å². The average molecular weight is 429 g/mol. The van der Waals surface area contributed by atoms with Crippen molar-refractivity contribution in [3.8, 4) is 0 Å². The second kappa shape index (κ2) is 14.4. The van der Waals surface area contributed by atoms with Gasteiger partial charge in [-0.05, 0) is 39.2 Å². The molecule has 1 aliphatic heterocycles. The molecule has 1 unspecified atom stereocenters. The summed E-state index contributed by atoms with van der Waals surface area (Å²) in [7, 11) is 0. The van der Waals surface area contributed by atoms with Gasteiger partial charge in [0.05, 0.1) is 19.1 Å². The van der Waals surface area contributed by atoms with Crippen molar-refractivity contribution in [1.29, 1.82) is 0 Å². The quantitative estimate of drug-likeness (QED) is 0.163. The molecule has 170 valence electrons. The molecule has 0 spiro atoms. The normalized spacial score (nSPS) is 17.4. The number of halogens is 2. The number of aliphatic hydroxyl groups excluding tert-OH is 1. The molecule has 1 heterocycles. The predicted molar refractivity (Wildman–Crippen MR) is 115 cm³/mol. The SMILES string of the molecule is CC.C\C=C/C=C\C=N\C(C(=O)NCCCCC(N)C(=O)N1CC(F)(F)C1)=C(\C)O. The van der Waals surface area contributed by atoms with E-state index in [1.165, 1.54) is 13.1 Å². The lowest BCUT2D eigenvalue weighted by molar-refractivity contribution is -0.167. The maximum Gasteiger partial charge on any atom is 0.282 e. The van der Waals surface area contributed by atoms with E-state index in [0.717, 1.165) is 4.90 Å². The van der Waals surface area contributed by atoms with Crippen LogP contribution in [0.5, 0.6) is 0 Å². The van der Waals surface area contributed by atoms with E-state index in [1.807, 2.05) is 26.8 Å². The van der Waals surface area contributed by atoms with Gasteiger partial charge in [0.2, 0.25) is 5.91 Å². The number of alkyl halides is 2. The number of allylic oxidation sites excluding steroid dienone is 5. The number of unbranched alkanes of at least 4 members (excludes halogenated alkanes) is 1. The van der Waals surface area contributed by atoms with Crippen molar-refractivity contribution in [3.05, 3.63) is 35.8 Å². The summed E-state index contributed by atoms with van der Waals surface area (Å²) in [5.74, 6) is -4.00. The van der Waals surface area contributed by atoms with Crippen LogP contribution in [0, 0.1) is 0 Å². The van der Waals surface area contributed by atoms with Gasteiger partial charge in [0.1, 0.15) is 5.76 Å². The number of carbonyl (C=O) groups excluding carboxylic acids is 2. The standard InChI is InChI=1S/C19H28F2N4O3.C2H6/c1-3-4-5-7-10-23-16(14(2)26)17(27)24-11-8-6-9-15(22)18(28)25-12-19(20,21)13-25;1-2/h3-5,7,10,15,26H,6,8-9,11-13,22H2,1-2H3,(H,24,27);1-2H3/b4-3-,7-5-,16-14-,23-10+;. The zero-order valence-electron chi connectivity index (χ0n) is 18.2. The Morgan fingerprint density at radius 2 is 1.87 bits per heavy atom. The third-order valence-electron chi connectivity index (χ3n) is 3.96. The van der Waals surface area contributed by atoms with Crippen LogP contribution in [0.15, 0.2) is 40.8 Å². The molecule has 0 aromatic carbocycles. The van der Waals surface area contributed by atoms with Crippen LogP contribution in [0.2, 0.25) is 0 Å². The molecule has 4 N–H and O–H groups in total. The lowest BCUT2D eigenvalue weighted by Crippen LogP contribution is -2.61. The fourth-order valence-corrected chi connectivity index (χ4v) is 2.46. The number of nitrogens with one attached hydrogen (secondary N) is 1. The maximum atomic E-state index is 12.8. The Morgan fingerprint density at radius 1 is 1.23 bits per heavy atom. The Morgan fingerprint density at radius 3 is 2.40 bits per heavy atom. The van der Waals surface area contributed by atoms with Crippen molar-refractivity contribution < 1.29 is 23.5 Å². The zero-order valence-corrected chi connectivity index (χ0v) is 18.2. The minimum absolute atomic E-state index is 0.0873. The highest BCUT2D eigenvalue weighted by Gasteiger charge is 2.46. The molecule has 1 aliphatic rings. The van der Waals surface area contributed by atoms with Gasteiger partial charge < -0.3 is 21.1 Å². The maximum absolute atomic E-state index is 12.8. The Kier molecular flexibility index (Phi) is 13.2. The molecular formula is C21H34F2N4O3. The zero-order chi connectivity index (χ0) is 23.2. The lowest BCUT2D eigenvalue weighted by atomic mass is 10.1. The number of nitrogens with two attached hydrogens (primary N) is 1. The first-order chi connectivity index (χ1) is 14.2. The minimum atomic E-state index is -2.80. The molecule has 1 atom stereocenters. The van der Waals surface area contributed by atoms with Crippen LogP contribution in [0.1, 0.15) is 47.0 Å². The largest absolute Gasteiger partial charge is 0.510 e. The number of rotatable bonds is 10. The fourth-order valence-electron chi connectivity index (χ4n) is 2.46. The molecule has 2 amide bonds. The molecule has 1 saturated heterocycles. The van der Waals surface area contributed by atoms with E-state index < -0.39 is 36.9 Å². The van der Waals surface area contributed by atoms with Gasteiger partial charge in [-0.3, -0.25) is 9.59 Å². The first kappa shape index (κ1) is 27.5. The van der Waals surface area contributed by atoms with Crippen molar-refractivity contribution >= 4 is 18.0 Å². The highest BCUT2D eigenvalue weighted by Crippen LogP contribution is 2.27. The minimum Gasteiger partial charge on any atom is -0.510 e. The molecule has 0 aromatic rings. The first-order valence-corrected chi connectivity index (χ1v) is 10.1. The van der Waals surface area contributed by atoms with Gasteiger partial charge in [-0.2, -0.15) is 0 Å². The van der Waals surface area contributed by atoms with Crippen LogP contribution < -0.4 is 11.1 Å². The summed E-state index contributed by atoms with van der Waals surface area (Å²) in [5.41, 5.74) is 5.65. The summed E-state index contributed by atoms with van der Waals surface area (Å²) in [5, 5.41) is 12.2. The molecule has 1 fully saturated rings. The molecule has 30 heavy (non-hydrogen) atoms. The number of hydrogen-bond donors (Lipinski definition) is 3. The van der Waals surface area contributed by atoms with Gasteiger partial charge >= 0.3 is 0 Å². The van der Waals surface area contributed by atoms with E-state index in [1.54, 1.807) is 18.2 Å². The molecule has 0 radical (unpaired) electrons. The smallest absolute Gasteiger partial charge is 0.282 e. The number of amides is 2. The van der Waals surface area contributed by atoms with E-state index in [2.05, 4.69) is 10.3 Å². The molecule has 0 saturated carbocycles. The number of aliphatic hydroxyl groups is 1. The van der Waals surface area contributed by atoms with E-state index in [0.29, 0.717) is 25.8 Å². The van der Waals surface area contributed by atoms with E-state index in [9.17, 15) is 23.5 Å². The van der Waals surface area contributed by atoms with Crippen LogP contribution in [-0.2, 0) is 9.59 Å². The Hall–Kier alpha value is -2.55. The fraction of sp³-hybridized carbons (Fsp3) is 0.571. The molecule has 0 aliphatic carbocycles. The second-order valence-corrected chi connectivity index (χ2v) is 6.53. The Labute approximate surface area is 177 Å². The summed E-state index contributed by atoms with van der Waals surface area (Å²) in [6.07, 6.45) is 9.83. The van der Waals surface area contributed by atoms with Gasteiger partial charge in [-0.15, -0.1) is 0 Å². The third-order valence-corrected chi connectivity index (χ3v) is 3.96. The number of likely N-dealkylation sites (tertiary alicyclic amines) is 1. The number of nitrogens with zero attached hydrogens (tertiary/aromatic N) is 2. The highest BCUT2D eigenvalue weighted by atomic mass is 19.3. The monoisotopic (exact) mass is 428 g/mol. The summed E-state index contributed by atoms with van der Waals surface area (Å²) < 4.78 is 25.6. The second-order valence-electron chi connectivity index (χ2n) is 6.53. The predicted octanol–water partition coefficient (Wildman–Crippen LogP) is 3.10. The van der Waals surface area contributed by atoms with Crippen LogP contribution in [0.25, 0.3) is 0 Å². The topological polar surface area (TPSA) is 108 Å². The third kappa shape index (κ3) is 10.3. The van der Waals surface area contributed by atoms with Crippen molar-refractivity contribution in [3.63, 3.8) is 0 Å². The van der Waals surface area contributed by atoms with Gasteiger partial charge in [0.15, 0.2) is 5.70 Å². The van der Waals surface area contributed by atoms with Crippen LogP contribution in [0.3, 0.4) is 0 Å². The van der Waals surface area contributed by atoms with Gasteiger partial charge in [0, 0.05) is 12.8 Å². The van der Waals surface area contributed by atoms with E-state index >= 15 is 0 Å². The molecule has 9 heteroatoms. The summed E-state index contributed by atoms with van der Waals surface area (Å²) in [6.45, 7) is 6.39. The molecule has 0 bridgehead atoms. The first-order valence-electron chi connectivity index (χ1n) is 10.1. The van der Waals surface area contributed by atoms with Gasteiger partial charge in [0.25, 0.3) is 11.8 Å². The van der Waals surface area contributed by atoms with Crippen LogP contribution in [-0.4, -0.2) is 59.6 Å². The molecular weight excluding hydrogens is 394 g/mol. The van der Waals surface area contributed by atoms with E-state index in [4.69, 9.17) is 5.73 Å². The summed E-state index contributed by atoms with van der Waals surface area (Å²) in [4.78, 5) is 28.9. The van der Waals surface area contributed by atoms with Crippen molar-refractivity contribution in [2.75, 3.05) is 19.6 Å². The molecule has 1 rings (SSSR count). The number of aliphatic imine (C=N–C) groups is 1. The highest BCUT2D eigenvalue weighted by molar-refractivity contribution is 5.95. The van der Waals surface area contributed by atoms with Crippen LogP contribution >= 0.6 is 0 Å². The van der Waals surface area contributed by atoms with Crippen molar-refractivity contribution in [2.24, 2.45) is 10.7 Å². The van der Waals surface area contributed by atoms with E-state index in [-0.39, 0.29) is 11.5 Å². The number of carbonyl (C=O) groups is 2. The van der Waals surface area contributed by atoms with Crippen molar-refractivity contribution in [1.82, 2.24) is 10.2 Å². The Bertz CT molecular complexity index is 661. The average Bonchev–Trinajstić information content (AvgIpc) is 2.68. The molecule has 0 aromatic heterocycles.